The number of benzene rings is 2. The predicted molar refractivity (Wildman–Crippen MR) is 124 cm³/mol. The van der Waals surface area contributed by atoms with Crippen molar-refractivity contribution >= 4 is 33.1 Å². The molecule has 6 heteroatoms. The molecule has 1 atom stereocenters. The van der Waals surface area contributed by atoms with Crippen LogP contribution in [0.3, 0.4) is 0 Å². The van der Waals surface area contributed by atoms with Gasteiger partial charge in [0, 0.05) is 36.1 Å². The summed E-state index contributed by atoms with van der Waals surface area (Å²) in [5.41, 5.74) is 5.24. The molecule has 0 heterocycles. The Morgan fingerprint density at radius 3 is 2.48 bits per heavy atom. The van der Waals surface area contributed by atoms with Gasteiger partial charge in [-0.25, -0.2) is 13.6 Å². The molecular weight excluding hydrogens is 380 g/mol. The van der Waals surface area contributed by atoms with Crippen LogP contribution in [0.4, 0.5) is 17.1 Å². The van der Waals surface area contributed by atoms with Crippen molar-refractivity contribution in [3.63, 3.8) is 0 Å². The Balaban J connectivity index is 1.74. The Morgan fingerprint density at radius 2 is 1.86 bits per heavy atom. The SMILES string of the molecule is CCN(C)/C=N\c1cc(C)c(Nc2ccc(S(C)(=O)=NCC3CC3)cc2)cc1C. The summed E-state index contributed by atoms with van der Waals surface area (Å²) in [6.45, 7) is 7.89. The molecule has 1 aliphatic rings. The van der Waals surface area contributed by atoms with Crippen LogP contribution in [0.25, 0.3) is 0 Å². The molecule has 0 saturated heterocycles. The normalized spacial score (nSPS) is 15.9. The maximum absolute atomic E-state index is 12.9. The highest BCUT2D eigenvalue weighted by Crippen LogP contribution is 2.31. The third-order valence-electron chi connectivity index (χ3n) is 5.28. The second-order valence-corrected chi connectivity index (χ2v) is 10.3. The molecule has 0 amide bonds. The maximum atomic E-state index is 12.9. The third-order valence-corrected chi connectivity index (χ3v) is 7.07. The molecule has 0 bridgehead atoms. The molecular formula is C23H32N4OS. The molecule has 3 rings (SSSR count). The topological polar surface area (TPSA) is 57.1 Å². The van der Waals surface area contributed by atoms with Crippen LogP contribution in [0.5, 0.6) is 0 Å². The van der Waals surface area contributed by atoms with Crippen molar-refractivity contribution in [1.82, 2.24) is 4.90 Å². The number of aliphatic imine (C=N–C) groups is 1. The van der Waals surface area contributed by atoms with Crippen molar-refractivity contribution in [3.05, 3.63) is 47.5 Å². The van der Waals surface area contributed by atoms with Gasteiger partial charge < -0.3 is 10.2 Å². The summed E-state index contributed by atoms with van der Waals surface area (Å²) in [6, 6.07) is 12.0. The van der Waals surface area contributed by atoms with Crippen molar-refractivity contribution in [2.75, 3.05) is 31.7 Å². The van der Waals surface area contributed by atoms with E-state index in [9.17, 15) is 4.21 Å². The Labute approximate surface area is 175 Å². The van der Waals surface area contributed by atoms with Gasteiger partial charge >= 0.3 is 0 Å². The minimum absolute atomic E-state index is 0.651. The van der Waals surface area contributed by atoms with Crippen LogP contribution < -0.4 is 5.32 Å². The Bertz CT molecular complexity index is 1000. The van der Waals surface area contributed by atoms with Crippen LogP contribution in [0.15, 0.2) is 50.6 Å². The molecule has 0 aromatic heterocycles. The Hall–Kier alpha value is -2.34. The zero-order valence-corrected chi connectivity index (χ0v) is 18.9. The lowest BCUT2D eigenvalue weighted by Crippen LogP contribution is -2.14. The van der Waals surface area contributed by atoms with Crippen molar-refractivity contribution in [2.45, 2.75) is 38.5 Å². The van der Waals surface area contributed by atoms with Gasteiger partial charge in [-0.2, -0.15) is 0 Å². The second kappa shape index (κ2) is 8.99. The first-order valence-electron chi connectivity index (χ1n) is 10.2. The highest BCUT2D eigenvalue weighted by atomic mass is 32.2. The number of anilines is 2. The van der Waals surface area contributed by atoms with E-state index in [0.717, 1.165) is 46.2 Å². The molecule has 0 aliphatic heterocycles. The number of nitrogens with zero attached hydrogens (tertiary/aromatic N) is 3. The molecule has 0 radical (unpaired) electrons. The summed E-state index contributed by atoms with van der Waals surface area (Å²) in [4.78, 5) is 7.43. The molecule has 1 N–H and O–H groups in total. The summed E-state index contributed by atoms with van der Waals surface area (Å²) in [5.74, 6) is 0.651. The van der Waals surface area contributed by atoms with Crippen molar-refractivity contribution in [2.24, 2.45) is 15.3 Å². The van der Waals surface area contributed by atoms with Crippen LogP contribution in [0, 0.1) is 19.8 Å². The molecule has 29 heavy (non-hydrogen) atoms. The van der Waals surface area contributed by atoms with Gasteiger partial charge in [0.25, 0.3) is 0 Å². The monoisotopic (exact) mass is 412 g/mol. The zero-order valence-electron chi connectivity index (χ0n) is 18.1. The van der Waals surface area contributed by atoms with Gasteiger partial charge in [0.15, 0.2) is 0 Å². The van der Waals surface area contributed by atoms with Gasteiger partial charge in [-0.1, -0.05) is 0 Å². The molecule has 2 aromatic carbocycles. The van der Waals surface area contributed by atoms with E-state index in [1.807, 2.05) is 42.6 Å². The fourth-order valence-electron chi connectivity index (χ4n) is 2.89. The molecule has 1 fully saturated rings. The van der Waals surface area contributed by atoms with E-state index >= 15 is 0 Å². The lowest BCUT2D eigenvalue weighted by atomic mass is 10.1. The average molecular weight is 413 g/mol. The summed E-state index contributed by atoms with van der Waals surface area (Å²) in [6.07, 6.45) is 6.05. The van der Waals surface area contributed by atoms with Crippen LogP contribution in [-0.2, 0) is 9.73 Å². The lowest BCUT2D eigenvalue weighted by Gasteiger charge is -2.14. The Morgan fingerprint density at radius 1 is 1.17 bits per heavy atom. The molecule has 2 aromatic rings. The van der Waals surface area contributed by atoms with Gasteiger partial charge in [-0.05, 0) is 87.1 Å². The van der Waals surface area contributed by atoms with Gasteiger partial charge in [0.05, 0.1) is 28.3 Å². The Kier molecular flexibility index (Phi) is 6.63. The van der Waals surface area contributed by atoms with E-state index in [4.69, 9.17) is 0 Å². The highest BCUT2D eigenvalue weighted by molar-refractivity contribution is 7.93. The zero-order chi connectivity index (χ0) is 21.0. The fourth-order valence-corrected chi connectivity index (χ4v) is 4.17. The quantitative estimate of drug-likeness (QED) is 0.458. The van der Waals surface area contributed by atoms with E-state index in [0.29, 0.717) is 5.92 Å². The lowest BCUT2D eigenvalue weighted by molar-refractivity contribution is 0.552. The van der Waals surface area contributed by atoms with E-state index in [2.05, 4.69) is 47.6 Å². The summed E-state index contributed by atoms with van der Waals surface area (Å²) in [5, 5.41) is 3.47. The van der Waals surface area contributed by atoms with Crippen molar-refractivity contribution in [3.8, 4) is 0 Å². The van der Waals surface area contributed by atoms with Crippen LogP contribution >= 0.6 is 0 Å². The van der Waals surface area contributed by atoms with Gasteiger partial charge in [-0.15, -0.1) is 0 Å². The van der Waals surface area contributed by atoms with Gasteiger partial charge in [0.1, 0.15) is 0 Å². The minimum Gasteiger partial charge on any atom is -0.366 e. The average Bonchev–Trinajstić information content (AvgIpc) is 3.52. The number of hydrogen-bond acceptors (Lipinski definition) is 4. The second-order valence-electron chi connectivity index (χ2n) is 7.98. The number of hydrogen-bond donors (Lipinski definition) is 1. The standard InChI is InChI=1S/C23H32N4OS/c1-6-27(4)16-24-22-13-18(3)23(14-17(22)2)26-20-9-11-21(12-10-20)29(5,28)25-15-19-7-8-19/h9-14,16,19,26H,6-8,15H2,1-5H3/b24-16-. The molecule has 1 saturated carbocycles. The summed E-state index contributed by atoms with van der Waals surface area (Å²) in [7, 11) is -0.301. The number of aryl methyl sites for hydroxylation is 2. The van der Waals surface area contributed by atoms with Crippen LogP contribution in [0.2, 0.25) is 0 Å². The smallest absolute Gasteiger partial charge is 0.0909 e. The van der Waals surface area contributed by atoms with Gasteiger partial charge in [-0.3, -0.25) is 0 Å². The predicted octanol–water partition coefficient (Wildman–Crippen LogP) is 5.53. The molecule has 5 nitrogen and oxygen atoms in total. The first-order chi connectivity index (χ1) is 13.8. The van der Waals surface area contributed by atoms with E-state index in [1.54, 1.807) is 6.26 Å². The largest absolute Gasteiger partial charge is 0.366 e. The molecule has 0 spiro atoms. The van der Waals surface area contributed by atoms with E-state index in [-0.39, 0.29) is 0 Å². The first kappa shape index (κ1) is 21.4. The highest BCUT2D eigenvalue weighted by Gasteiger charge is 2.21. The molecule has 1 unspecified atom stereocenters. The minimum atomic E-state index is -2.31. The van der Waals surface area contributed by atoms with Crippen molar-refractivity contribution in [1.29, 1.82) is 0 Å². The maximum Gasteiger partial charge on any atom is 0.0909 e. The van der Waals surface area contributed by atoms with E-state index in [1.165, 1.54) is 12.8 Å². The van der Waals surface area contributed by atoms with Gasteiger partial charge in [0.2, 0.25) is 0 Å². The van der Waals surface area contributed by atoms with Crippen LogP contribution in [0.1, 0.15) is 30.9 Å². The molecule has 1 aliphatic carbocycles. The number of nitrogens with one attached hydrogen (secondary N) is 1. The molecule has 156 valence electrons. The summed E-state index contributed by atoms with van der Waals surface area (Å²) >= 11 is 0. The van der Waals surface area contributed by atoms with Crippen LogP contribution in [-0.4, -0.2) is 41.8 Å². The van der Waals surface area contributed by atoms with Crippen molar-refractivity contribution < 1.29 is 4.21 Å². The first-order valence-corrected chi connectivity index (χ1v) is 12.1. The third kappa shape index (κ3) is 5.82. The van der Waals surface area contributed by atoms with E-state index < -0.39 is 9.73 Å². The summed E-state index contributed by atoms with van der Waals surface area (Å²) < 4.78 is 17.3. The number of rotatable bonds is 8. The fraction of sp³-hybridized carbons (Fsp3) is 0.435.